The highest BCUT2D eigenvalue weighted by molar-refractivity contribution is 7.99. The first-order chi connectivity index (χ1) is 6.75. The number of thioether (sulfide) groups is 1. The number of nitrogens with two attached hydrogens (primary N) is 1. The Bertz CT molecular complexity index is 208. The molecular formula is C10H18N2OS. The molecule has 1 unspecified atom stereocenters. The van der Waals surface area contributed by atoms with Crippen molar-refractivity contribution >= 4 is 17.7 Å². The molecule has 14 heavy (non-hydrogen) atoms. The summed E-state index contributed by atoms with van der Waals surface area (Å²) in [6.07, 6.45) is 3.77. The lowest BCUT2D eigenvalue weighted by Crippen LogP contribution is -2.48. The molecule has 1 fully saturated rings. The number of rotatable bonds is 5. The van der Waals surface area contributed by atoms with Crippen molar-refractivity contribution in [2.45, 2.75) is 18.9 Å². The van der Waals surface area contributed by atoms with E-state index < -0.39 is 0 Å². The maximum Gasteiger partial charge on any atom is 0.239 e. The highest BCUT2D eigenvalue weighted by Crippen LogP contribution is 2.11. The fraction of sp³-hybridized carbons (Fsp3) is 0.700. The second-order valence-corrected chi connectivity index (χ2v) is 4.59. The number of amides is 1. The van der Waals surface area contributed by atoms with Crippen LogP contribution >= 0.6 is 11.8 Å². The highest BCUT2D eigenvalue weighted by Gasteiger charge is 2.24. The van der Waals surface area contributed by atoms with Crippen LogP contribution in [0.4, 0.5) is 0 Å². The minimum absolute atomic E-state index is 0.121. The van der Waals surface area contributed by atoms with Gasteiger partial charge in [0.25, 0.3) is 0 Å². The van der Waals surface area contributed by atoms with Crippen molar-refractivity contribution in [2.75, 3.05) is 24.6 Å². The Labute approximate surface area is 89.7 Å². The second kappa shape index (κ2) is 6.09. The van der Waals surface area contributed by atoms with Crippen LogP contribution in [0.1, 0.15) is 12.8 Å². The molecule has 1 rings (SSSR count). The van der Waals surface area contributed by atoms with Gasteiger partial charge >= 0.3 is 0 Å². The van der Waals surface area contributed by atoms with Gasteiger partial charge in [0, 0.05) is 24.6 Å². The third-order valence-corrected chi connectivity index (χ3v) is 3.26. The van der Waals surface area contributed by atoms with Crippen LogP contribution in [0.15, 0.2) is 12.7 Å². The SMILES string of the molecule is C=CCSCCN1CCCC(N)C1=O. The van der Waals surface area contributed by atoms with Gasteiger partial charge in [-0.25, -0.2) is 0 Å². The van der Waals surface area contributed by atoms with Gasteiger partial charge in [0.2, 0.25) is 5.91 Å². The molecular weight excluding hydrogens is 196 g/mol. The molecule has 0 aromatic rings. The molecule has 1 aliphatic rings. The van der Waals surface area contributed by atoms with Crippen LogP contribution in [0.3, 0.4) is 0 Å². The molecule has 0 aromatic carbocycles. The van der Waals surface area contributed by atoms with E-state index in [1.54, 1.807) is 11.8 Å². The fourth-order valence-corrected chi connectivity index (χ4v) is 2.22. The average Bonchev–Trinajstić information content (AvgIpc) is 2.19. The van der Waals surface area contributed by atoms with Gasteiger partial charge in [0.15, 0.2) is 0 Å². The maximum absolute atomic E-state index is 11.6. The van der Waals surface area contributed by atoms with Gasteiger partial charge in [-0.2, -0.15) is 11.8 Å². The number of hydrogen-bond acceptors (Lipinski definition) is 3. The molecule has 0 aromatic heterocycles. The van der Waals surface area contributed by atoms with Crippen molar-refractivity contribution < 1.29 is 4.79 Å². The van der Waals surface area contributed by atoms with E-state index in [9.17, 15) is 4.79 Å². The molecule has 1 aliphatic heterocycles. The summed E-state index contributed by atoms with van der Waals surface area (Å²) >= 11 is 1.80. The van der Waals surface area contributed by atoms with Crippen LogP contribution in [-0.2, 0) is 4.79 Å². The zero-order valence-corrected chi connectivity index (χ0v) is 9.26. The molecule has 2 N–H and O–H groups in total. The predicted molar refractivity (Wildman–Crippen MR) is 61.3 cm³/mol. The van der Waals surface area contributed by atoms with Gasteiger partial charge in [-0.1, -0.05) is 6.08 Å². The maximum atomic E-state index is 11.6. The van der Waals surface area contributed by atoms with Crippen molar-refractivity contribution in [2.24, 2.45) is 5.73 Å². The first kappa shape index (κ1) is 11.6. The quantitative estimate of drug-likeness (QED) is 0.545. The summed E-state index contributed by atoms with van der Waals surface area (Å²) in [5.41, 5.74) is 5.68. The van der Waals surface area contributed by atoms with E-state index >= 15 is 0 Å². The second-order valence-electron chi connectivity index (χ2n) is 3.44. The number of hydrogen-bond donors (Lipinski definition) is 1. The van der Waals surface area contributed by atoms with Gasteiger partial charge in [0.05, 0.1) is 6.04 Å². The highest BCUT2D eigenvalue weighted by atomic mass is 32.2. The van der Waals surface area contributed by atoms with E-state index in [1.807, 2.05) is 11.0 Å². The van der Waals surface area contributed by atoms with Crippen molar-refractivity contribution in [3.8, 4) is 0 Å². The number of carbonyl (C=O) groups excluding carboxylic acids is 1. The smallest absolute Gasteiger partial charge is 0.239 e. The van der Waals surface area contributed by atoms with E-state index in [1.165, 1.54) is 0 Å². The lowest BCUT2D eigenvalue weighted by atomic mass is 10.1. The molecule has 1 atom stereocenters. The molecule has 4 heteroatoms. The van der Waals surface area contributed by atoms with Crippen LogP contribution in [-0.4, -0.2) is 41.4 Å². The fourth-order valence-electron chi connectivity index (χ4n) is 1.53. The van der Waals surface area contributed by atoms with Gasteiger partial charge in [-0.05, 0) is 12.8 Å². The first-order valence-electron chi connectivity index (χ1n) is 4.98. The molecule has 0 radical (unpaired) electrons. The lowest BCUT2D eigenvalue weighted by Gasteiger charge is -2.30. The Kier molecular flexibility index (Phi) is 5.04. The molecule has 1 amide bonds. The molecule has 0 saturated carbocycles. The molecule has 0 bridgehead atoms. The standard InChI is InChI=1S/C10H18N2OS/c1-2-7-14-8-6-12-5-3-4-9(11)10(12)13/h2,9H,1,3-8,11H2. The first-order valence-corrected chi connectivity index (χ1v) is 6.14. The minimum atomic E-state index is -0.256. The number of likely N-dealkylation sites (tertiary alicyclic amines) is 1. The number of nitrogens with zero attached hydrogens (tertiary/aromatic N) is 1. The molecule has 1 saturated heterocycles. The normalized spacial score (nSPS) is 22.5. The van der Waals surface area contributed by atoms with Crippen molar-refractivity contribution in [3.05, 3.63) is 12.7 Å². The summed E-state index contributed by atoms with van der Waals surface area (Å²) < 4.78 is 0. The third-order valence-electron chi connectivity index (χ3n) is 2.31. The van der Waals surface area contributed by atoms with E-state index in [0.717, 1.165) is 37.4 Å². The molecule has 1 heterocycles. The van der Waals surface area contributed by atoms with E-state index in [-0.39, 0.29) is 11.9 Å². The van der Waals surface area contributed by atoms with Crippen LogP contribution in [0.5, 0.6) is 0 Å². The Morgan fingerprint density at radius 1 is 1.71 bits per heavy atom. The summed E-state index contributed by atoms with van der Waals surface area (Å²) in [4.78, 5) is 13.4. The van der Waals surface area contributed by atoms with Crippen LogP contribution < -0.4 is 5.73 Å². The van der Waals surface area contributed by atoms with Crippen molar-refractivity contribution in [3.63, 3.8) is 0 Å². The van der Waals surface area contributed by atoms with Crippen LogP contribution in [0.25, 0.3) is 0 Å². The van der Waals surface area contributed by atoms with Crippen LogP contribution in [0, 0.1) is 0 Å². The monoisotopic (exact) mass is 214 g/mol. The van der Waals surface area contributed by atoms with Crippen molar-refractivity contribution in [1.82, 2.24) is 4.90 Å². The van der Waals surface area contributed by atoms with Gasteiger partial charge in [-0.15, -0.1) is 6.58 Å². The summed E-state index contributed by atoms with van der Waals surface area (Å²) in [6.45, 7) is 5.35. The van der Waals surface area contributed by atoms with Gasteiger partial charge in [-0.3, -0.25) is 4.79 Å². The largest absolute Gasteiger partial charge is 0.341 e. The van der Waals surface area contributed by atoms with Gasteiger partial charge < -0.3 is 10.6 Å². The van der Waals surface area contributed by atoms with Crippen molar-refractivity contribution in [1.29, 1.82) is 0 Å². The number of piperidine rings is 1. The van der Waals surface area contributed by atoms with Gasteiger partial charge in [0.1, 0.15) is 0 Å². The Morgan fingerprint density at radius 2 is 2.50 bits per heavy atom. The van der Waals surface area contributed by atoms with E-state index in [0.29, 0.717) is 0 Å². The Hall–Kier alpha value is -0.480. The molecule has 0 spiro atoms. The van der Waals surface area contributed by atoms with E-state index in [2.05, 4.69) is 6.58 Å². The molecule has 80 valence electrons. The molecule has 0 aliphatic carbocycles. The minimum Gasteiger partial charge on any atom is -0.341 e. The van der Waals surface area contributed by atoms with E-state index in [4.69, 9.17) is 5.73 Å². The molecule has 3 nitrogen and oxygen atoms in total. The average molecular weight is 214 g/mol. The third kappa shape index (κ3) is 3.35. The zero-order chi connectivity index (χ0) is 10.4. The zero-order valence-electron chi connectivity index (χ0n) is 8.45. The summed E-state index contributed by atoms with van der Waals surface area (Å²) in [7, 11) is 0. The Balaban J connectivity index is 2.22. The summed E-state index contributed by atoms with van der Waals surface area (Å²) in [5.74, 6) is 2.05. The lowest BCUT2D eigenvalue weighted by molar-refractivity contribution is -0.134. The van der Waals surface area contributed by atoms with Crippen LogP contribution in [0.2, 0.25) is 0 Å². The Morgan fingerprint density at radius 3 is 3.21 bits per heavy atom. The predicted octanol–water partition coefficient (Wildman–Crippen LogP) is 0.855. The number of carbonyl (C=O) groups is 1. The topological polar surface area (TPSA) is 46.3 Å². The summed E-state index contributed by atoms with van der Waals surface area (Å²) in [6, 6.07) is -0.256. The summed E-state index contributed by atoms with van der Waals surface area (Å²) in [5, 5.41) is 0.